The summed E-state index contributed by atoms with van der Waals surface area (Å²) in [5, 5.41) is 16.4. The molecule has 0 bridgehead atoms. The highest BCUT2D eigenvalue weighted by Crippen LogP contribution is 2.22. The van der Waals surface area contributed by atoms with E-state index in [4.69, 9.17) is 0 Å². The fraction of sp³-hybridized carbons (Fsp3) is 0.100. The Bertz CT molecular complexity index is 1100. The number of carbonyl (C=O) groups is 1. The first kappa shape index (κ1) is 18.6. The number of fused-ring (bicyclic) bond motifs is 1. The van der Waals surface area contributed by atoms with Crippen molar-refractivity contribution in [3.63, 3.8) is 0 Å². The number of thioether (sulfide) groups is 1. The van der Waals surface area contributed by atoms with Gasteiger partial charge < -0.3 is 5.32 Å². The molecule has 1 N–H and O–H groups in total. The van der Waals surface area contributed by atoms with Gasteiger partial charge in [-0.3, -0.25) is 4.79 Å². The van der Waals surface area contributed by atoms with E-state index in [1.807, 2.05) is 66.7 Å². The van der Waals surface area contributed by atoms with Gasteiger partial charge in [0.25, 0.3) is 0 Å². The van der Waals surface area contributed by atoms with Crippen molar-refractivity contribution in [3.8, 4) is 11.3 Å². The van der Waals surface area contributed by atoms with Crippen molar-refractivity contribution in [2.24, 2.45) is 0 Å². The molecule has 140 valence electrons. The summed E-state index contributed by atoms with van der Waals surface area (Å²) in [5.41, 5.74) is 3.52. The summed E-state index contributed by atoms with van der Waals surface area (Å²) in [6.07, 6.45) is 0. The van der Waals surface area contributed by atoms with Gasteiger partial charge in [0, 0.05) is 16.6 Å². The number of nitrogens with zero attached hydrogens (tertiary/aromatic N) is 4. The van der Waals surface area contributed by atoms with Crippen LogP contribution in [0, 0.1) is 0 Å². The third-order valence-electron chi connectivity index (χ3n) is 4.04. The Morgan fingerprint density at radius 1 is 1.00 bits per heavy atom. The Kier molecular flexibility index (Phi) is 5.68. The van der Waals surface area contributed by atoms with Crippen LogP contribution in [-0.2, 0) is 11.3 Å². The summed E-state index contributed by atoms with van der Waals surface area (Å²) in [7, 11) is 0. The van der Waals surface area contributed by atoms with E-state index in [1.54, 1.807) is 4.52 Å². The standard InChI is InChI=1S/C20H16BrN5OS/c21-16-8-6-15(7-9-16)17-10-11-18-23-24-20(26(18)25-17)28-13-19(27)22-12-14-4-2-1-3-5-14/h1-11H,12-13H2,(H,22,27). The third kappa shape index (κ3) is 4.40. The molecule has 0 unspecified atom stereocenters. The predicted octanol–water partition coefficient (Wildman–Crippen LogP) is 3.96. The molecule has 0 spiro atoms. The van der Waals surface area contributed by atoms with Crippen molar-refractivity contribution < 1.29 is 4.79 Å². The molecule has 2 heterocycles. The fourth-order valence-corrected chi connectivity index (χ4v) is 3.59. The summed E-state index contributed by atoms with van der Waals surface area (Å²) in [4.78, 5) is 12.2. The van der Waals surface area contributed by atoms with Gasteiger partial charge in [-0.15, -0.1) is 10.2 Å². The van der Waals surface area contributed by atoms with E-state index in [9.17, 15) is 4.79 Å². The topological polar surface area (TPSA) is 72.2 Å². The zero-order chi connectivity index (χ0) is 19.3. The van der Waals surface area contributed by atoms with Gasteiger partial charge in [0.15, 0.2) is 5.65 Å². The number of hydrogen-bond donors (Lipinski definition) is 1. The maximum absolute atomic E-state index is 12.2. The molecular weight excluding hydrogens is 438 g/mol. The highest BCUT2D eigenvalue weighted by molar-refractivity contribution is 9.10. The van der Waals surface area contributed by atoms with Crippen LogP contribution in [0.15, 0.2) is 76.4 Å². The molecule has 6 nitrogen and oxygen atoms in total. The maximum atomic E-state index is 12.2. The molecule has 0 aliphatic carbocycles. The quantitative estimate of drug-likeness (QED) is 0.447. The smallest absolute Gasteiger partial charge is 0.230 e. The lowest BCUT2D eigenvalue weighted by Crippen LogP contribution is -2.24. The highest BCUT2D eigenvalue weighted by atomic mass is 79.9. The van der Waals surface area contributed by atoms with Crippen LogP contribution < -0.4 is 5.32 Å². The second-order valence-corrected chi connectivity index (χ2v) is 7.89. The van der Waals surface area contributed by atoms with Crippen molar-refractivity contribution in [3.05, 3.63) is 76.8 Å². The molecule has 4 rings (SSSR count). The van der Waals surface area contributed by atoms with Gasteiger partial charge in [0.1, 0.15) is 0 Å². The fourth-order valence-electron chi connectivity index (χ4n) is 2.61. The van der Waals surface area contributed by atoms with Gasteiger partial charge >= 0.3 is 0 Å². The number of hydrogen-bond acceptors (Lipinski definition) is 5. The molecule has 28 heavy (non-hydrogen) atoms. The van der Waals surface area contributed by atoms with E-state index in [2.05, 4.69) is 36.5 Å². The first-order valence-corrected chi connectivity index (χ1v) is 10.4. The van der Waals surface area contributed by atoms with Crippen LogP contribution in [0.3, 0.4) is 0 Å². The van der Waals surface area contributed by atoms with Gasteiger partial charge in [-0.05, 0) is 29.8 Å². The Labute approximate surface area is 174 Å². The van der Waals surface area contributed by atoms with Crippen LogP contribution in [0.4, 0.5) is 0 Å². The number of nitrogens with one attached hydrogen (secondary N) is 1. The Hall–Kier alpha value is -2.71. The Morgan fingerprint density at radius 2 is 1.79 bits per heavy atom. The van der Waals surface area contributed by atoms with Crippen molar-refractivity contribution >= 4 is 39.2 Å². The zero-order valence-electron chi connectivity index (χ0n) is 14.7. The minimum absolute atomic E-state index is 0.0605. The monoisotopic (exact) mass is 453 g/mol. The van der Waals surface area contributed by atoms with Crippen LogP contribution in [-0.4, -0.2) is 31.5 Å². The second kappa shape index (κ2) is 8.53. The number of carbonyl (C=O) groups excluding carboxylic acids is 1. The lowest BCUT2D eigenvalue weighted by molar-refractivity contribution is -0.118. The van der Waals surface area contributed by atoms with Crippen LogP contribution in [0.5, 0.6) is 0 Å². The van der Waals surface area contributed by atoms with Gasteiger partial charge in [-0.1, -0.05) is 70.2 Å². The van der Waals surface area contributed by atoms with E-state index < -0.39 is 0 Å². The van der Waals surface area contributed by atoms with Crippen molar-refractivity contribution in [2.75, 3.05) is 5.75 Å². The molecule has 2 aromatic carbocycles. The molecule has 8 heteroatoms. The maximum Gasteiger partial charge on any atom is 0.230 e. The highest BCUT2D eigenvalue weighted by Gasteiger charge is 2.11. The molecule has 0 atom stereocenters. The van der Waals surface area contributed by atoms with E-state index in [0.29, 0.717) is 17.3 Å². The average molecular weight is 454 g/mol. The van der Waals surface area contributed by atoms with Crippen molar-refractivity contribution in [2.45, 2.75) is 11.7 Å². The van der Waals surface area contributed by atoms with Crippen molar-refractivity contribution in [1.82, 2.24) is 25.1 Å². The molecular formula is C20H16BrN5OS. The molecule has 0 saturated carbocycles. The predicted molar refractivity (Wildman–Crippen MR) is 113 cm³/mol. The minimum atomic E-state index is -0.0605. The number of halogens is 1. The minimum Gasteiger partial charge on any atom is -0.351 e. The number of rotatable bonds is 6. The summed E-state index contributed by atoms with van der Waals surface area (Å²) >= 11 is 4.75. The molecule has 1 amide bonds. The van der Waals surface area contributed by atoms with Crippen molar-refractivity contribution in [1.29, 1.82) is 0 Å². The van der Waals surface area contributed by atoms with Crippen LogP contribution >= 0.6 is 27.7 Å². The van der Waals surface area contributed by atoms with Gasteiger partial charge in [-0.2, -0.15) is 9.61 Å². The third-order valence-corrected chi connectivity index (χ3v) is 5.49. The summed E-state index contributed by atoms with van der Waals surface area (Å²) < 4.78 is 2.69. The first-order chi connectivity index (χ1) is 13.7. The summed E-state index contributed by atoms with van der Waals surface area (Å²) in [6, 6.07) is 21.5. The molecule has 2 aromatic heterocycles. The number of aromatic nitrogens is 4. The average Bonchev–Trinajstić information content (AvgIpc) is 3.14. The molecule has 0 saturated heterocycles. The van der Waals surface area contributed by atoms with Crippen LogP contribution in [0.1, 0.15) is 5.56 Å². The summed E-state index contributed by atoms with van der Waals surface area (Å²) in [5.74, 6) is 0.187. The van der Waals surface area contributed by atoms with E-state index in [0.717, 1.165) is 21.3 Å². The van der Waals surface area contributed by atoms with Crippen LogP contribution in [0.25, 0.3) is 16.9 Å². The summed E-state index contributed by atoms with van der Waals surface area (Å²) in [6.45, 7) is 0.507. The first-order valence-electron chi connectivity index (χ1n) is 8.61. The zero-order valence-corrected chi connectivity index (χ0v) is 17.2. The lowest BCUT2D eigenvalue weighted by Gasteiger charge is -2.05. The van der Waals surface area contributed by atoms with Gasteiger partial charge in [-0.25, -0.2) is 0 Å². The van der Waals surface area contributed by atoms with Gasteiger partial charge in [0.05, 0.1) is 11.4 Å². The van der Waals surface area contributed by atoms with Crippen LogP contribution in [0.2, 0.25) is 0 Å². The van der Waals surface area contributed by atoms with E-state index in [1.165, 1.54) is 11.8 Å². The Balaban J connectivity index is 1.44. The normalized spacial score (nSPS) is 10.9. The van der Waals surface area contributed by atoms with Gasteiger partial charge in [0.2, 0.25) is 11.1 Å². The van der Waals surface area contributed by atoms with E-state index in [-0.39, 0.29) is 11.7 Å². The SMILES string of the molecule is O=C(CSc1nnc2ccc(-c3ccc(Br)cc3)nn12)NCc1ccccc1. The molecule has 0 aliphatic rings. The second-order valence-electron chi connectivity index (χ2n) is 6.03. The molecule has 0 fully saturated rings. The number of benzene rings is 2. The van der Waals surface area contributed by atoms with E-state index >= 15 is 0 Å². The number of amides is 1. The Morgan fingerprint density at radius 3 is 2.57 bits per heavy atom. The largest absolute Gasteiger partial charge is 0.351 e. The molecule has 0 radical (unpaired) electrons. The molecule has 0 aliphatic heterocycles. The lowest BCUT2D eigenvalue weighted by atomic mass is 10.1. The molecule has 4 aromatic rings.